The molecule has 6 heteroatoms. The van der Waals surface area contributed by atoms with Gasteiger partial charge in [0.2, 0.25) is 11.8 Å². The Labute approximate surface area is 161 Å². The van der Waals surface area contributed by atoms with Crippen LogP contribution >= 0.6 is 0 Å². The third kappa shape index (κ3) is 4.33. The van der Waals surface area contributed by atoms with Crippen LogP contribution in [0, 0.1) is 11.3 Å². The van der Waals surface area contributed by atoms with Crippen molar-refractivity contribution in [1.29, 1.82) is 0 Å². The Balaban J connectivity index is 1.17. The first-order valence-electron chi connectivity index (χ1n) is 10.2. The highest BCUT2D eigenvalue weighted by Crippen LogP contribution is 2.58. The third-order valence-corrected chi connectivity index (χ3v) is 6.49. The molecule has 1 spiro atoms. The summed E-state index contributed by atoms with van der Waals surface area (Å²) >= 11 is 0. The van der Waals surface area contributed by atoms with Gasteiger partial charge in [0.05, 0.1) is 6.54 Å². The van der Waals surface area contributed by atoms with E-state index in [-0.39, 0.29) is 29.7 Å². The minimum atomic E-state index is 0.0442. The summed E-state index contributed by atoms with van der Waals surface area (Å²) in [6.45, 7) is 6.33. The summed E-state index contributed by atoms with van der Waals surface area (Å²) in [6.07, 6.45) is 3.16. The van der Waals surface area contributed by atoms with Crippen LogP contribution in [0.15, 0.2) is 30.3 Å². The molecule has 2 saturated heterocycles. The molecule has 146 valence electrons. The Morgan fingerprint density at radius 2 is 1.78 bits per heavy atom. The van der Waals surface area contributed by atoms with E-state index >= 15 is 0 Å². The van der Waals surface area contributed by atoms with Gasteiger partial charge in [0.15, 0.2) is 0 Å². The maximum atomic E-state index is 12.5. The lowest BCUT2D eigenvalue weighted by atomic mass is 9.92. The fourth-order valence-electron chi connectivity index (χ4n) is 4.59. The predicted molar refractivity (Wildman–Crippen MR) is 104 cm³/mol. The molecule has 4 rings (SSSR count). The van der Waals surface area contributed by atoms with Gasteiger partial charge in [-0.2, -0.15) is 0 Å². The van der Waals surface area contributed by atoms with E-state index in [4.69, 9.17) is 0 Å². The van der Waals surface area contributed by atoms with E-state index in [1.165, 1.54) is 5.56 Å². The van der Waals surface area contributed by atoms with Gasteiger partial charge in [-0.1, -0.05) is 30.3 Å². The first-order valence-corrected chi connectivity index (χ1v) is 10.2. The number of nitrogens with one attached hydrogen (secondary N) is 2. The van der Waals surface area contributed by atoms with E-state index in [1.54, 1.807) is 0 Å². The molecule has 1 aliphatic carbocycles. The minimum absolute atomic E-state index is 0.0442. The lowest BCUT2D eigenvalue weighted by Gasteiger charge is -2.34. The molecule has 3 aliphatic rings. The first-order chi connectivity index (χ1) is 13.2. The molecule has 2 heterocycles. The zero-order chi connectivity index (χ0) is 18.7. The molecule has 1 aromatic carbocycles. The van der Waals surface area contributed by atoms with Gasteiger partial charge in [0.25, 0.3) is 0 Å². The van der Waals surface area contributed by atoms with E-state index in [0.717, 1.165) is 65.1 Å². The second kappa shape index (κ2) is 7.98. The Hall–Kier alpha value is -1.92. The molecule has 6 nitrogen and oxygen atoms in total. The topological polar surface area (TPSA) is 64.7 Å². The maximum absolute atomic E-state index is 12.5. The Morgan fingerprint density at radius 1 is 1.07 bits per heavy atom. The number of hydrogen-bond donors (Lipinski definition) is 2. The molecule has 1 aromatic rings. The largest absolute Gasteiger partial charge is 0.347 e. The number of hydrogen-bond acceptors (Lipinski definition) is 4. The smallest absolute Gasteiger partial charge is 0.242 e. The summed E-state index contributed by atoms with van der Waals surface area (Å²) in [4.78, 5) is 29.1. The van der Waals surface area contributed by atoms with Gasteiger partial charge in [0.1, 0.15) is 0 Å². The Morgan fingerprint density at radius 3 is 2.48 bits per heavy atom. The van der Waals surface area contributed by atoms with Gasteiger partial charge in [0, 0.05) is 38.6 Å². The van der Waals surface area contributed by atoms with Crippen molar-refractivity contribution in [3.63, 3.8) is 0 Å². The van der Waals surface area contributed by atoms with Crippen molar-refractivity contribution in [2.24, 2.45) is 11.3 Å². The van der Waals surface area contributed by atoms with E-state index < -0.39 is 0 Å². The van der Waals surface area contributed by atoms with Crippen LogP contribution in [-0.2, 0) is 16.1 Å². The normalized spacial score (nSPS) is 24.6. The van der Waals surface area contributed by atoms with Crippen LogP contribution in [0.3, 0.4) is 0 Å². The average molecular weight is 370 g/mol. The van der Waals surface area contributed by atoms with Crippen molar-refractivity contribution in [2.75, 3.05) is 45.8 Å². The Bertz CT molecular complexity index is 664. The monoisotopic (exact) mass is 370 g/mol. The van der Waals surface area contributed by atoms with Crippen LogP contribution in [0.5, 0.6) is 0 Å². The summed E-state index contributed by atoms with van der Waals surface area (Å²) in [6, 6.07) is 10.4. The number of carbonyl (C=O) groups is 2. The highest BCUT2D eigenvalue weighted by molar-refractivity contribution is 5.87. The molecule has 2 aliphatic heterocycles. The number of benzene rings is 1. The fraction of sp³-hybridized carbons (Fsp3) is 0.619. The van der Waals surface area contributed by atoms with E-state index in [9.17, 15) is 9.59 Å². The van der Waals surface area contributed by atoms with Crippen LogP contribution in [-0.4, -0.2) is 67.4 Å². The van der Waals surface area contributed by atoms with Crippen LogP contribution in [0.4, 0.5) is 0 Å². The molecular formula is C21H30N4O2. The lowest BCUT2D eigenvalue weighted by Crippen LogP contribution is -2.51. The van der Waals surface area contributed by atoms with Crippen molar-refractivity contribution < 1.29 is 9.59 Å². The summed E-state index contributed by atoms with van der Waals surface area (Å²) in [5.74, 6) is 0.241. The minimum Gasteiger partial charge on any atom is -0.347 e. The number of carbonyl (C=O) groups excluding carboxylic acids is 2. The standard InChI is InChI=1S/C21H30N4O2/c26-19(15-23-20(27)18-14-21(18)6-8-22-9-7-21)25-12-10-24(11-13-25)16-17-4-2-1-3-5-17/h1-5,18,22H,6-16H2,(H,23,27). The highest BCUT2D eigenvalue weighted by Gasteiger charge is 2.57. The second-order valence-electron chi connectivity index (χ2n) is 8.23. The molecule has 0 aromatic heterocycles. The number of piperazine rings is 1. The van der Waals surface area contributed by atoms with Crippen LogP contribution in [0.25, 0.3) is 0 Å². The number of nitrogens with zero attached hydrogens (tertiary/aromatic N) is 2. The molecule has 0 bridgehead atoms. The van der Waals surface area contributed by atoms with Gasteiger partial charge in [-0.25, -0.2) is 0 Å². The quantitative estimate of drug-likeness (QED) is 0.806. The van der Waals surface area contributed by atoms with Crippen molar-refractivity contribution in [1.82, 2.24) is 20.4 Å². The van der Waals surface area contributed by atoms with Gasteiger partial charge >= 0.3 is 0 Å². The lowest BCUT2D eigenvalue weighted by molar-refractivity contribution is -0.134. The zero-order valence-corrected chi connectivity index (χ0v) is 16.0. The van der Waals surface area contributed by atoms with E-state index in [0.29, 0.717) is 0 Å². The van der Waals surface area contributed by atoms with Crippen molar-refractivity contribution in [3.05, 3.63) is 35.9 Å². The molecule has 2 amide bonds. The highest BCUT2D eigenvalue weighted by atomic mass is 16.2. The van der Waals surface area contributed by atoms with Gasteiger partial charge < -0.3 is 15.5 Å². The van der Waals surface area contributed by atoms with Gasteiger partial charge in [-0.15, -0.1) is 0 Å². The van der Waals surface area contributed by atoms with Crippen LogP contribution in [0.2, 0.25) is 0 Å². The van der Waals surface area contributed by atoms with E-state index in [2.05, 4.69) is 39.8 Å². The Kier molecular flexibility index (Phi) is 5.45. The molecule has 1 atom stereocenters. The molecule has 27 heavy (non-hydrogen) atoms. The number of rotatable bonds is 5. The fourth-order valence-corrected chi connectivity index (χ4v) is 4.59. The first kappa shape index (κ1) is 18.4. The molecule has 1 saturated carbocycles. The van der Waals surface area contributed by atoms with Crippen molar-refractivity contribution in [2.45, 2.75) is 25.8 Å². The molecular weight excluding hydrogens is 340 g/mol. The second-order valence-corrected chi connectivity index (χ2v) is 8.23. The van der Waals surface area contributed by atoms with E-state index in [1.807, 2.05) is 11.0 Å². The molecule has 3 fully saturated rings. The number of amides is 2. The van der Waals surface area contributed by atoms with Gasteiger partial charge in [-0.3, -0.25) is 14.5 Å². The SMILES string of the molecule is O=C(NCC(=O)N1CCN(Cc2ccccc2)CC1)C1CC12CCNCC2. The average Bonchev–Trinajstić information content (AvgIpc) is 3.40. The summed E-state index contributed by atoms with van der Waals surface area (Å²) in [5, 5.41) is 6.26. The van der Waals surface area contributed by atoms with Crippen molar-refractivity contribution >= 4 is 11.8 Å². The van der Waals surface area contributed by atoms with Crippen LogP contribution in [0.1, 0.15) is 24.8 Å². The summed E-state index contributed by atoms with van der Waals surface area (Å²) in [7, 11) is 0. The number of piperidine rings is 1. The molecule has 0 radical (unpaired) electrons. The molecule has 2 N–H and O–H groups in total. The summed E-state index contributed by atoms with van der Waals surface area (Å²) < 4.78 is 0. The van der Waals surface area contributed by atoms with Gasteiger partial charge in [-0.05, 0) is 43.3 Å². The predicted octanol–water partition coefficient (Wildman–Crippen LogP) is 0.837. The zero-order valence-electron chi connectivity index (χ0n) is 16.0. The maximum Gasteiger partial charge on any atom is 0.242 e. The third-order valence-electron chi connectivity index (χ3n) is 6.49. The summed E-state index contributed by atoms with van der Waals surface area (Å²) in [5.41, 5.74) is 1.53. The molecule has 1 unspecified atom stereocenters. The van der Waals surface area contributed by atoms with Crippen molar-refractivity contribution in [3.8, 4) is 0 Å². The van der Waals surface area contributed by atoms with Crippen LogP contribution < -0.4 is 10.6 Å².